The number of benzene rings is 1. The number of unbranched alkanes of at least 4 members (excludes halogenated alkanes) is 4. The minimum atomic E-state index is -1.32. The molecule has 0 aliphatic rings. The highest BCUT2D eigenvalue weighted by atomic mass is 16.4. The van der Waals surface area contributed by atoms with E-state index in [1.807, 2.05) is 0 Å². The molecule has 0 radical (unpaired) electrons. The van der Waals surface area contributed by atoms with E-state index in [4.69, 9.17) is 0 Å². The average Bonchev–Trinajstić information content (AvgIpc) is 2.67. The smallest absolute Gasteiger partial charge is 0.352 e. The van der Waals surface area contributed by atoms with Gasteiger partial charge in [0.25, 0.3) is 0 Å². The van der Waals surface area contributed by atoms with E-state index in [2.05, 4.69) is 16.9 Å². The number of pyridine rings is 2. The molecule has 2 aromatic heterocycles. The number of hydrogen-bond donors (Lipinski definition) is 4. The van der Waals surface area contributed by atoms with Crippen LogP contribution in [0.2, 0.25) is 0 Å². The maximum Gasteiger partial charge on any atom is 0.352 e. The standard InChI is InChI=1S/C21H22N2O6/c1-2-3-4-5-6-7-11-8-12-15(24)9-13(20(26)27)23-19(12)17-16(25)10-14(21(28)29)22-18(11)17/h8-10H,2-7H2,1H3,(H,22,25)(H,23,24)(H,26,27)(H,28,29). The Kier molecular flexibility index (Phi) is 5.81. The van der Waals surface area contributed by atoms with Crippen molar-refractivity contribution in [2.24, 2.45) is 0 Å². The van der Waals surface area contributed by atoms with Crippen molar-refractivity contribution in [1.29, 1.82) is 0 Å². The number of H-pyrrole nitrogens is 2. The number of nitrogens with one attached hydrogen (secondary N) is 2. The van der Waals surface area contributed by atoms with Gasteiger partial charge in [0.05, 0.1) is 16.4 Å². The van der Waals surface area contributed by atoms with Crippen molar-refractivity contribution in [3.8, 4) is 0 Å². The van der Waals surface area contributed by atoms with Crippen molar-refractivity contribution in [3.05, 3.63) is 55.6 Å². The Balaban J connectivity index is 2.27. The maximum absolute atomic E-state index is 12.7. The zero-order chi connectivity index (χ0) is 21.1. The van der Waals surface area contributed by atoms with E-state index in [1.165, 1.54) is 0 Å². The molecule has 0 aliphatic heterocycles. The summed E-state index contributed by atoms with van der Waals surface area (Å²) < 4.78 is 0. The molecule has 2 heterocycles. The molecule has 0 aliphatic carbocycles. The van der Waals surface area contributed by atoms with Crippen LogP contribution in [0, 0.1) is 0 Å². The van der Waals surface area contributed by atoms with E-state index >= 15 is 0 Å². The molecular weight excluding hydrogens is 376 g/mol. The monoisotopic (exact) mass is 398 g/mol. The summed E-state index contributed by atoms with van der Waals surface area (Å²) in [6, 6.07) is 3.55. The topological polar surface area (TPSA) is 140 Å². The molecular formula is C21H22N2O6. The molecule has 0 bridgehead atoms. The van der Waals surface area contributed by atoms with Gasteiger partial charge < -0.3 is 20.2 Å². The van der Waals surface area contributed by atoms with Crippen molar-refractivity contribution in [2.75, 3.05) is 0 Å². The lowest BCUT2D eigenvalue weighted by atomic mass is 9.98. The van der Waals surface area contributed by atoms with Crippen LogP contribution in [0.15, 0.2) is 27.8 Å². The van der Waals surface area contributed by atoms with Gasteiger partial charge in [-0.25, -0.2) is 9.59 Å². The summed E-state index contributed by atoms with van der Waals surface area (Å²) in [5, 5.41) is 18.8. The van der Waals surface area contributed by atoms with Crippen molar-refractivity contribution in [1.82, 2.24) is 9.97 Å². The third kappa shape index (κ3) is 4.06. The van der Waals surface area contributed by atoms with E-state index in [0.717, 1.165) is 44.2 Å². The molecule has 0 amide bonds. The number of fused-ring (bicyclic) bond motifs is 3. The number of aryl methyl sites for hydroxylation is 1. The van der Waals surface area contributed by atoms with Gasteiger partial charge in [0.15, 0.2) is 10.9 Å². The summed E-state index contributed by atoms with van der Waals surface area (Å²) in [5.41, 5.74) is -0.616. The predicted molar refractivity (Wildman–Crippen MR) is 109 cm³/mol. The fourth-order valence-electron chi connectivity index (χ4n) is 3.55. The Labute approximate surface area is 165 Å². The summed E-state index contributed by atoms with van der Waals surface area (Å²) in [4.78, 5) is 53.4. The van der Waals surface area contributed by atoms with Gasteiger partial charge in [0, 0.05) is 17.5 Å². The Bertz CT molecular complexity index is 1220. The molecule has 3 rings (SSSR count). The number of carboxylic acids is 2. The molecule has 0 saturated carbocycles. The van der Waals surface area contributed by atoms with Crippen LogP contribution in [0.1, 0.15) is 65.6 Å². The Morgan fingerprint density at radius 1 is 0.828 bits per heavy atom. The lowest BCUT2D eigenvalue weighted by Gasteiger charge is -2.11. The van der Waals surface area contributed by atoms with Gasteiger partial charge in [0.1, 0.15) is 11.4 Å². The van der Waals surface area contributed by atoms with E-state index < -0.39 is 22.8 Å². The number of aromatic nitrogens is 2. The molecule has 0 fully saturated rings. The van der Waals surface area contributed by atoms with Gasteiger partial charge in [-0.2, -0.15) is 0 Å². The number of aromatic carboxylic acids is 2. The minimum Gasteiger partial charge on any atom is -0.477 e. The highest BCUT2D eigenvalue weighted by molar-refractivity contribution is 6.07. The van der Waals surface area contributed by atoms with Gasteiger partial charge in [-0.15, -0.1) is 0 Å². The highest BCUT2D eigenvalue weighted by Gasteiger charge is 2.17. The van der Waals surface area contributed by atoms with E-state index in [0.29, 0.717) is 17.5 Å². The highest BCUT2D eigenvalue weighted by Crippen LogP contribution is 2.25. The molecule has 3 aromatic rings. The molecule has 0 atom stereocenters. The third-order valence-corrected chi connectivity index (χ3v) is 5.00. The molecule has 4 N–H and O–H groups in total. The molecule has 0 saturated heterocycles. The Morgan fingerprint density at radius 3 is 2.03 bits per heavy atom. The number of carboxylic acid groups (broad SMARTS) is 2. The second-order valence-corrected chi connectivity index (χ2v) is 7.08. The van der Waals surface area contributed by atoms with Crippen LogP contribution in [0.25, 0.3) is 21.8 Å². The van der Waals surface area contributed by atoms with Gasteiger partial charge in [-0.3, -0.25) is 9.59 Å². The maximum atomic E-state index is 12.7. The summed E-state index contributed by atoms with van der Waals surface area (Å²) >= 11 is 0. The van der Waals surface area contributed by atoms with Crippen molar-refractivity contribution >= 4 is 33.7 Å². The average molecular weight is 398 g/mol. The summed E-state index contributed by atoms with van der Waals surface area (Å²) in [6.45, 7) is 2.12. The van der Waals surface area contributed by atoms with Crippen LogP contribution in [0.5, 0.6) is 0 Å². The molecule has 152 valence electrons. The lowest BCUT2D eigenvalue weighted by Crippen LogP contribution is -2.15. The molecule has 0 unspecified atom stereocenters. The van der Waals surface area contributed by atoms with Crippen molar-refractivity contribution < 1.29 is 19.8 Å². The molecule has 8 nitrogen and oxygen atoms in total. The fraction of sp³-hybridized carbons (Fsp3) is 0.333. The zero-order valence-electron chi connectivity index (χ0n) is 16.0. The molecule has 0 spiro atoms. The van der Waals surface area contributed by atoms with Crippen molar-refractivity contribution in [2.45, 2.75) is 45.4 Å². The summed E-state index contributed by atoms with van der Waals surface area (Å²) in [6.07, 6.45) is 5.66. The van der Waals surface area contributed by atoms with Crippen LogP contribution in [0.4, 0.5) is 0 Å². The number of carbonyl (C=O) groups is 2. The molecule has 1 aromatic carbocycles. The van der Waals surface area contributed by atoms with Crippen LogP contribution >= 0.6 is 0 Å². The third-order valence-electron chi connectivity index (χ3n) is 5.00. The predicted octanol–water partition coefficient (Wildman–Crippen LogP) is 3.28. The first-order valence-electron chi connectivity index (χ1n) is 9.56. The second-order valence-electron chi connectivity index (χ2n) is 7.08. The number of aromatic amines is 2. The van der Waals surface area contributed by atoms with E-state index in [1.54, 1.807) is 6.07 Å². The molecule has 8 heteroatoms. The fourth-order valence-corrected chi connectivity index (χ4v) is 3.55. The minimum absolute atomic E-state index is 0.0938. The van der Waals surface area contributed by atoms with E-state index in [-0.39, 0.29) is 27.7 Å². The van der Waals surface area contributed by atoms with Gasteiger partial charge in [-0.1, -0.05) is 32.6 Å². The summed E-state index contributed by atoms with van der Waals surface area (Å²) in [5.74, 6) is -2.60. The van der Waals surface area contributed by atoms with Crippen LogP contribution < -0.4 is 10.9 Å². The van der Waals surface area contributed by atoms with Gasteiger partial charge in [0.2, 0.25) is 0 Å². The quantitative estimate of drug-likeness (QED) is 0.339. The van der Waals surface area contributed by atoms with Crippen LogP contribution in [-0.4, -0.2) is 32.1 Å². The normalized spacial score (nSPS) is 11.2. The number of rotatable bonds is 8. The van der Waals surface area contributed by atoms with Crippen molar-refractivity contribution in [3.63, 3.8) is 0 Å². The Morgan fingerprint density at radius 2 is 1.41 bits per heavy atom. The summed E-state index contributed by atoms with van der Waals surface area (Å²) in [7, 11) is 0. The first-order valence-corrected chi connectivity index (χ1v) is 9.56. The van der Waals surface area contributed by atoms with Crippen LogP contribution in [-0.2, 0) is 6.42 Å². The largest absolute Gasteiger partial charge is 0.477 e. The Hall–Kier alpha value is -3.42. The molecule has 29 heavy (non-hydrogen) atoms. The first-order chi connectivity index (χ1) is 13.8. The lowest BCUT2D eigenvalue weighted by molar-refractivity contribution is 0.0680. The van der Waals surface area contributed by atoms with E-state index in [9.17, 15) is 29.4 Å². The van der Waals surface area contributed by atoms with Crippen LogP contribution in [0.3, 0.4) is 0 Å². The van der Waals surface area contributed by atoms with Gasteiger partial charge >= 0.3 is 11.9 Å². The second kappa shape index (κ2) is 8.30. The first kappa shape index (κ1) is 20.3. The van der Waals surface area contributed by atoms with Gasteiger partial charge in [-0.05, 0) is 24.5 Å². The SMILES string of the molecule is CCCCCCCc1cc2c(=O)cc(C(=O)O)[nH]c2c2c(=O)cc(C(=O)O)[nH]c12. The zero-order valence-corrected chi connectivity index (χ0v) is 16.0. The number of hydrogen-bond acceptors (Lipinski definition) is 4.